The van der Waals surface area contributed by atoms with E-state index in [2.05, 4.69) is 0 Å². The van der Waals surface area contributed by atoms with Crippen LogP contribution < -0.4 is 10.2 Å². The van der Waals surface area contributed by atoms with Crippen LogP contribution in [0.5, 0.6) is 28.7 Å². The molecule has 1 aromatic heterocycles. The van der Waals surface area contributed by atoms with Crippen molar-refractivity contribution < 1.29 is 94.1 Å². The van der Waals surface area contributed by atoms with Gasteiger partial charge in [-0.3, -0.25) is 4.79 Å². The third kappa shape index (κ3) is 7.09. The topological polar surface area (TPSA) is 328 Å². The third-order valence-electron chi connectivity index (χ3n) is 9.01. The van der Waals surface area contributed by atoms with E-state index in [0.717, 1.165) is 24.3 Å². The molecule has 6 rings (SSSR count). The number of rotatable bonds is 8. The summed E-state index contributed by atoms with van der Waals surface area (Å²) in [6.45, 7) is 0.171. The molecule has 3 fully saturated rings. The standard InChI is InChI=1S/C32H38O20/c1-9-19(38)23(42)26(45)30(48-9)47-8-17-21(40)24(43)29(52-31-25(44)20(39)15(37)7-46-31)32(50-17)51-28-22(41)18-14(36)5-11(33)6-16(18)49-27(28)10-2-3-12(34)13(35)4-10/h2-6,9,15,17,19-21,23-26,29-40,42-45H,7-8H2,1H3/t9-,15-,17-,19-,20+,21+,23+,24+,25-,26+,29-,30+,31+,32+/m1/s1. The number of phenolic OH excluding ortho intramolecular Hbond substituents is 4. The van der Waals surface area contributed by atoms with Crippen LogP contribution in [0.15, 0.2) is 39.5 Å². The van der Waals surface area contributed by atoms with E-state index in [4.69, 9.17) is 32.8 Å². The molecule has 0 amide bonds. The van der Waals surface area contributed by atoms with Gasteiger partial charge in [-0.05, 0) is 25.1 Å². The molecule has 20 nitrogen and oxygen atoms in total. The molecule has 52 heavy (non-hydrogen) atoms. The number of benzene rings is 2. The van der Waals surface area contributed by atoms with Crippen molar-refractivity contribution in [1.82, 2.24) is 0 Å². The van der Waals surface area contributed by atoms with Crippen molar-refractivity contribution >= 4 is 11.0 Å². The average molecular weight is 743 g/mol. The van der Waals surface area contributed by atoms with E-state index in [1.807, 2.05) is 0 Å². The lowest BCUT2D eigenvalue weighted by atomic mass is 9.98. The molecule has 3 aromatic rings. The molecule has 0 spiro atoms. The molecule has 12 N–H and O–H groups in total. The lowest BCUT2D eigenvalue weighted by Gasteiger charge is -2.45. The van der Waals surface area contributed by atoms with Gasteiger partial charge in [-0.2, -0.15) is 0 Å². The lowest BCUT2D eigenvalue weighted by molar-refractivity contribution is -0.352. The normalized spacial score (nSPS) is 36.9. The second-order valence-corrected chi connectivity index (χ2v) is 12.6. The number of ether oxygens (including phenoxy) is 6. The van der Waals surface area contributed by atoms with E-state index < -0.39 is 145 Å². The minimum Gasteiger partial charge on any atom is -0.508 e. The number of aliphatic hydroxyl groups is 8. The van der Waals surface area contributed by atoms with E-state index >= 15 is 0 Å². The summed E-state index contributed by atoms with van der Waals surface area (Å²) in [5, 5.41) is 124. The van der Waals surface area contributed by atoms with Crippen molar-refractivity contribution in [2.24, 2.45) is 0 Å². The number of aliphatic hydroxyl groups excluding tert-OH is 8. The molecule has 2 aromatic carbocycles. The smallest absolute Gasteiger partial charge is 0.239 e. The number of phenols is 4. The Hall–Kier alpha value is -3.87. The maximum absolute atomic E-state index is 14.0. The van der Waals surface area contributed by atoms with E-state index in [0.29, 0.717) is 0 Å². The monoisotopic (exact) mass is 742 g/mol. The first kappa shape index (κ1) is 37.9. The third-order valence-corrected chi connectivity index (χ3v) is 9.01. The summed E-state index contributed by atoms with van der Waals surface area (Å²) in [6.07, 6.45) is -23.9. The maximum Gasteiger partial charge on any atom is 0.239 e. The van der Waals surface area contributed by atoms with Gasteiger partial charge in [0, 0.05) is 17.7 Å². The second-order valence-electron chi connectivity index (χ2n) is 12.6. The van der Waals surface area contributed by atoms with Crippen LogP contribution in [0, 0.1) is 0 Å². The Kier molecular flexibility index (Phi) is 10.8. The zero-order valence-corrected chi connectivity index (χ0v) is 27.0. The summed E-state index contributed by atoms with van der Waals surface area (Å²) >= 11 is 0. The first-order chi connectivity index (χ1) is 24.6. The van der Waals surface area contributed by atoms with Gasteiger partial charge in [0.05, 0.1) is 19.3 Å². The Labute approximate surface area is 292 Å². The van der Waals surface area contributed by atoms with Crippen LogP contribution in [0.1, 0.15) is 6.92 Å². The summed E-state index contributed by atoms with van der Waals surface area (Å²) in [6, 6.07) is 5.09. The molecule has 3 saturated heterocycles. The highest BCUT2D eigenvalue weighted by Crippen LogP contribution is 2.40. The zero-order chi connectivity index (χ0) is 37.8. The van der Waals surface area contributed by atoms with Gasteiger partial charge in [-0.15, -0.1) is 0 Å². The first-order valence-electron chi connectivity index (χ1n) is 15.9. The fraction of sp³-hybridized carbons (Fsp3) is 0.531. The van der Waals surface area contributed by atoms with Crippen molar-refractivity contribution in [1.29, 1.82) is 0 Å². The highest BCUT2D eigenvalue weighted by Gasteiger charge is 2.51. The van der Waals surface area contributed by atoms with Crippen molar-refractivity contribution in [2.75, 3.05) is 13.2 Å². The molecule has 0 aliphatic carbocycles. The molecule has 0 unspecified atom stereocenters. The molecule has 0 bridgehead atoms. The molecule has 0 radical (unpaired) electrons. The highest BCUT2D eigenvalue weighted by atomic mass is 16.8. The van der Waals surface area contributed by atoms with Gasteiger partial charge < -0.3 is 94.1 Å². The summed E-state index contributed by atoms with van der Waals surface area (Å²) in [5.41, 5.74) is -1.54. The first-order valence-corrected chi connectivity index (χ1v) is 15.9. The molecule has 0 saturated carbocycles. The van der Waals surface area contributed by atoms with E-state index in [-0.39, 0.29) is 11.1 Å². The Morgan fingerprint density at radius 3 is 2.15 bits per heavy atom. The van der Waals surface area contributed by atoms with E-state index in [1.54, 1.807) is 0 Å². The fourth-order valence-electron chi connectivity index (χ4n) is 6.02. The Bertz CT molecular complexity index is 1800. The van der Waals surface area contributed by atoms with Gasteiger partial charge >= 0.3 is 0 Å². The minimum absolute atomic E-state index is 0.0951. The van der Waals surface area contributed by atoms with Gasteiger partial charge in [-0.1, -0.05) is 0 Å². The van der Waals surface area contributed by atoms with Crippen LogP contribution in [-0.2, 0) is 23.7 Å². The Morgan fingerprint density at radius 1 is 0.731 bits per heavy atom. The van der Waals surface area contributed by atoms with Crippen molar-refractivity contribution in [3.05, 3.63) is 40.6 Å². The molecular formula is C32H38O20. The number of aromatic hydroxyl groups is 4. The Morgan fingerprint density at radius 2 is 1.44 bits per heavy atom. The maximum atomic E-state index is 14.0. The molecule has 20 heteroatoms. The predicted octanol–water partition coefficient (Wildman–Crippen LogP) is -3.22. The summed E-state index contributed by atoms with van der Waals surface area (Å²) in [5.74, 6) is -3.67. The van der Waals surface area contributed by atoms with Crippen LogP contribution in [-0.4, -0.2) is 161 Å². The SMILES string of the molecule is C[C@H]1O[C@H](OC[C@H]2O[C@@H](Oc3c(-c4ccc(O)c(O)c4)oc4cc(O)cc(O)c4c3=O)[C@H](O[C@@H]3OC[C@@H](O)[C@H](O)[C@H]3O)[C@@H](O)[C@H]2O)[C@@H](O)[C@@H](O)[C@@H]1O. The van der Waals surface area contributed by atoms with E-state index in [9.17, 15) is 66.1 Å². The predicted molar refractivity (Wildman–Crippen MR) is 167 cm³/mol. The van der Waals surface area contributed by atoms with E-state index in [1.165, 1.54) is 13.0 Å². The fourth-order valence-corrected chi connectivity index (χ4v) is 6.02. The lowest BCUT2D eigenvalue weighted by Crippen LogP contribution is -2.64. The molecule has 3 aliphatic heterocycles. The largest absolute Gasteiger partial charge is 0.508 e. The minimum atomic E-state index is -2.03. The van der Waals surface area contributed by atoms with Gasteiger partial charge in [0.25, 0.3) is 0 Å². The molecule has 286 valence electrons. The van der Waals surface area contributed by atoms with Gasteiger partial charge in [0.1, 0.15) is 77.4 Å². The molecular weight excluding hydrogens is 704 g/mol. The summed E-state index contributed by atoms with van der Waals surface area (Å²) in [7, 11) is 0. The van der Waals surface area contributed by atoms with Crippen LogP contribution in [0.3, 0.4) is 0 Å². The quantitative estimate of drug-likeness (QED) is 0.101. The van der Waals surface area contributed by atoms with Crippen molar-refractivity contribution in [2.45, 2.75) is 92.9 Å². The number of hydrogen-bond acceptors (Lipinski definition) is 20. The van der Waals surface area contributed by atoms with Gasteiger partial charge in [-0.25, -0.2) is 0 Å². The van der Waals surface area contributed by atoms with Crippen LogP contribution in [0.2, 0.25) is 0 Å². The van der Waals surface area contributed by atoms with Crippen LogP contribution in [0.4, 0.5) is 0 Å². The summed E-state index contributed by atoms with van der Waals surface area (Å²) < 4.78 is 39.7. The Balaban J connectivity index is 1.39. The van der Waals surface area contributed by atoms with Crippen LogP contribution >= 0.6 is 0 Å². The van der Waals surface area contributed by atoms with Gasteiger partial charge in [0.15, 0.2) is 35.9 Å². The zero-order valence-electron chi connectivity index (χ0n) is 27.0. The van der Waals surface area contributed by atoms with Crippen LogP contribution in [0.25, 0.3) is 22.3 Å². The number of hydrogen-bond donors (Lipinski definition) is 12. The molecule has 14 atom stereocenters. The molecule has 4 heterocycles. The van der Waals surface area contributed by atoms with Crippen molar-refractivity contribution in [3.8, 4) is 40.1 Å². The average Bonchev–Trinajstić information content (AvgIpc) is 3.10. The van der Waals surface area contributed by atoms with Crippen molar-refractivity contribution in [3.63, 3.8) is 0 Å². The molecule has 3 aliphatic rings. The van der Waals surface area contributed by atoms with Gasteiger partial charge in [0.2, 0.25) is 17.5 Å². The second kappa shape index (κ2) is 14.9. The number of fused-ring (bicyclic) bond motifs is 1. The summed E-state index contributed by atoms with van der Waals surface area (Å²) in [4.78, 5) is 14.0. The highest BCUT2D eigenvalue weighted by molar-refractivity contribution is 5.88.